The van der Waals surface area contributed by atoms with Gasteiger partial charge in [-0.3, -0.25) is 9.10 Å². The van der Waals surface area contributed by atoms with Crippen LogP contribution in [0.5, 0.6) is 11.5 Å². The first-order valence-corrected chi connectivity index (χ1v) is 16.3. The average Bonchev–Trinajstić information content (AvgIpc) is 3.06. The molecule has 5 rings (SSSR count). The number of anilines is 1. The number of carbonyl (C=O) groups is 2. The zero-order chi connectivity index (χ0) is 33.9. The predicted octanol–water partition coefficient (Wildman–Crippen LogP) is 7.59. The Bertz CT molecular complexity index is 1960. The molecule has 244 valence electrons. The van der Waals surface area contributed by atoms with Gasteiger partial charge in [-0.05, 0) is 73.0 Å². The summed E-state index contributed by atoms with van der Waals surface area (Å²) in [6.45, 7) is 1.53. The molecule has 0 bridgehead atoms. The number of ketones is 1. The summed E-state index contributed by atoms with van der Waals surface area (Å²) in [6.07, 6.45) is 1.15. The Labute approximate surface area is 276 Å². The lowest BCUT2D eigenvalue weighted by molar-refractivity contribution is 0.0600. The van der Waals surface area contributed by atoms with Crippen LogP contribution >= 0.6 is 11.6 Å². The summed E-state index contributed by atoms with van der Waals surface area (Å²) >= 11 is 6.26. The zero-order valence-electron chi connectivity index (χ0n) is 25.6. The molecule has 12 heteroatoms. The molecule has 1 aliphatic heterocycles. The van der Waals surface area contributed by atoms with E-state index in [0.29, 0.717) is 22.3 Å². The SMILES string of the molecule is COC(=O)c1ccc(C(=O)CC[C@H]2CN(S(=O)(=O)c3ccc(F)c(OC)c3)c3cc(/C=C(\C)c4c(F)cccc4Cl)ccc3O2)cc1. The Hall–Kier alpha value is -4.74. The Kier molecular flexibility index (Phi) is 9.97. The maximum atomic E-state index is 14.6. The molecule has 0 unspecified atom stereocenters. The number of sulfonamides is 1. The van der Waals surface area contributed by atoms with Crippen molar-refractivity contribution < 1.29 is 41.0 Å². The van der Waals surface area contributed by atoms with Crippen LogP contribution in [0.15, 0.2) is 83.8 Å². The van der Waals surface area contributed by atoms with Gasteiger partial charge in [0.05, 0.1) is 41.9 Å². The molecule has 4 aromatic carbocycles. The van der Waals surface area contributed by atoms with Crippen LogP contribution in [-0.4, -0.2) is 47.0 Å². The molecule has 1 aliphatic rings. The molecule has 0 aliphatic carbocycles. The molecule has 0 N–H and O–H groups in total. The van der Waals surface area contributed by atoms with Gasteiger partial charge >= 0.3 is 5.97 Å². The second-order valence-corrected chi connectivity index (χ2v) is 13.0. The molecular weight excluding hydrogens is 652 g/mol. The van der Waals surface area contributed by atoms with Gasteiger partial charge < -0.3 is 14.2 Å². The van der Waals surface area contributed by atoms with E-state index < -0.39 is 33.7 Å². The van der Waals surface area contributed by atoms with Gasteiger partial charge in [-0.15, -0.1) is 0 Å². The van der Waals surface area contributed by atoms with Crippen LogP contribution in [0.3, 0.4) is 0 Å². The van der Waals surface area contributed by atoms with Crippen LogP contribution < -0.4 is 13.8 Å². The standard InChI is InChI=1S/C35H30ClF2NO7S/c1-21(34-27(36)5-4-6-29(34)38)17-22-7-16-32-30(18-22)39(47(42,43)26-13-14-28(37)33(19-26)44-2)20-25(46-32)12-15-31(40)23-8-10-24(11-9-23)35(41)45-3/h4-11,13-14,16-19,25H,12,15,20H2,1-3H3/b21-17+/t25-/m0/s1. The number of nitrogens with zero attached hydrogens (tertiary/aromatic N) is 1. The minimum absolute atomic E-state index is 0.0270. The predicted molar refractivity (Wildman–Crippen MR) is 175 cm³/mol. The molecule has 0 aromatic heterocycles. The number of carbonyl (C=O) groups excluding carboxylic acids is 2. The third-order valence-electron chi connectivity index (χ3n) is 7.69. The molecule has 0 saturated heterocycles. The van der Waals surface area contributed by atoms with Gasteiger partial charge in [-0.25, -0.2) is 22.0 Å². The molecular formula is C35H30ClF2NO7S. The maximum Gasteiger partial charge on any atom is 0.337 e. The number of benzene rings is 4. The van der Waals surface area contributed by atoms with E-state index in [9.17, 15) is 26.8 Å². The molecule has 0 spiro atoms. The van der Waals surface area contributed by atoms with E-state index in [-0.39, 0.29) is 57.8 Å². The molecule has 1 heterocycles. The van der Waals surface area contributed by atoms with Crippen molar-refractivity contribution in [1.82, 2.24) is 0 Å². The summed E-state index contributed by atoms with van der Waals surface area (Å²) in [5.74, 6) is -1.97. The number of rotatable bonds is 10. The fourth-order valence-electron chi connectivity index (χ4n) is 5.27. The third-order valence-corrected chi connectivity index (χ3v) is 9.78. The first-order valence-electron chi connectivity index (χ1n) is 14.4. The van der Waals surface area contributed by atoms with E-state index >= 15 is 0 Å². The first-order chi connectivity index (χ1) is 22.4. The largest absolute Gasteiger partial charge is 0.494 e. The monoisotopic (exact) mass is 681 g/mol. The van der Waals surface area contributed by atoms with Crippen molar-refractivity contribution in [3.8, 4) is 11.5 Å². The van der Waals surface area contributed by atoms with Crippen molar-refractivity contribution in [3.05, 3.63) is 118 Å². The third kappa shape index (κ3) is 7.16. The average molecular weight is 682 g/mol. The molecule has 8 nitrogen and oxygen atoms in total. The summed E-state index contributed by atoms with van der Waals surface area (Å²) < 4.78 is 74.1. The Morgan fingerprint density at radius 2 is 1.70 bits per heavy atom. The number of Topliss-reactive ketones (excluding diaryl/α,β-unsaturated/α-hetero) is 1. The van der Waals surface area contributed by atoms with E-state index in [1.807, 2.05) is 0 Å². The number of hydrogen-bond acceptors (Lipinski definition) is 7. The highest BCUT2D eigenvalue weighted by molar-refractivity contribution is 7.92. The second-order valence-electron chi connectivity index (χ2n) is 10.8. The van der Waals surface area contributed by atoms with Crippen LogP contribution in [0.2, 0.25) is 5.02 Å². The summed E-state index contributed by atoms with van der Waals surface area (Å²) in [5, 5.41) is 0.228. The minimum Gasteiger partial charge on any atom is -0.494 e. The van der Waals surface area contributed by atoms with Crippen molar-refractivity contribution in [2.45, 2.75) is 30.8 Å². The normalized spacial score (nSPS) is 14.6. The molecule has 1 atom stereocenters. The van der Waals surface area contributed by atoms with Crippen molar-refractivity contribution in [2.24, 2.45) is 0 Å². The van der Waals surface area contributed by atoms with Gasteiger partial charge in [0.15, 0.2) is 17.3 Å². The van der Waals surface area contributed by atoms with Crippen molar-refractivity contribution in [3.63, 3.8) is 0 Å². The number of ether oxygens (including phenoxy) is 3. The van der Waals surface area contributed by atoms with Crippen LogP contribution in [-0.2, 0) is 14.8 Å². The van der Waals surface area contributed by atoms with Gasteiger partial charge in [-0.2, -0.15) is 0 Å². The summed E-state index contributed by atoms with van der Waals surface area (Å²) in [6, 6.07) is 18.6. The first kappa shape index (κ1) is 33.6. The van der Waals surface area contributed by atoms with Crippen LogP contribution in [0, 0.1) is 11.6 Å². The minimum atomic E-state index is -4.30. The number of hydrogen-bond donors (Lipinski definition) is 0. The molecule has 47 heavy (non-hydrogen) atoms. The molecule has 0 radical (unpaired) electrons. The lowest BCUT2D eigenvalue weighted by Gasteiger charge is -2.35. The van der Waals surface area contributed by atoms with Crippen LogP contribution in [0.25, 0.3) is 11.6 Å². The van der Waals surface area contributed by atoms with E-state index in [0.717, 1.165) is 22.5 Å². The number of fused-ring (bicyclic) bond motifs is 1. The lowest BCUT2D eigenvalue weighted by Crippen LogP contribution is -2.43. The lowest BCUT2D eigenvalue weighted by atomic mass is 10.0. The molecule has 0 fully saturated rings. The highest BCUT2D eigenvalue weighted by atomic mass is 35.5. The van der Waals surface area contributed by atoms with Gasteiger partial charge in [0, 0.05) is 23.6 Å². The fraction of sp³-hybridized carbons (Fsp3) is 0.200. The maximum absolute atomic E-state index is 14.6. The highest BCUT2D eigenvalue weighted by Crippen LogP contribution is 2.40. The van der Waals surface area contributed by atoms with Gasteiger partial charge in [0.25, 0.3) is 10.0 Å². The fourth-order valence-corrected chi connectivity index (χ4v) is 7.09. The van der Waals surface area contributed by atoms with Crippen LogP contribution in [0.1, 0.15) is 51.6 Å². The second kappa shape index (κ2) is 13.9. The molecule has 0 amide bonds. The molecule has 4 aromatic rings. The number of halogens is 3. The summed E-state index contributed by atoms with van der Waals surface area (Å²) in [4.78, 5) is 24.5. The van der Waals surface area contributed by atoms with Crippen molar-refractivity contribution >= 4 is 50.7 Å². The van der Waals surface area contributed by atoms with Gasteiger partial charge in [-0.1, -0.05) is 41.9 Å². The zero-order valence-corrected chi connectivity index (χ0v) is 27.2. The Balaban J connectivity index is 1.47. The van der Waals surface area contributed by atoms with Crippen molar-refractivity contribution in [1.29, 1.82) is 0 Å². The summed E-state index contributed by atoms with van der Waals surface area (Å²) in [7, 11) is -1.80. The highest BCUT2D eigenvalue weighted by Gasteiger charge is 2.35. The van der Waals surface area contributed by atoms with E-state index in [4.69, 9.17) is 25.8 Å². The van der Waals surface area contributed by atoms with Gasteiger partial charge in [0.1, 0.15) is 17.7 Å². The quantitative estimate of drug-likeness (QED) is 0.0966. The molecule has 0 saturated carbocycles. The number of allylic oxidation sites excluding steroid dienone is 1. The Morgan fingerprint density at radius 1 is 0.979 bits per heavy atom. The summed E-state index contributed by atoms with van der Waals surface area (Å²) in [5.41, 5.74) is 2.16. The van der Waals surface area contributed by atoms with Crippen molar-refractivity contribution in [2.75, 3.05) is 25.1 Å². The topological polar surface area (TPSA) is 99.2 Å². The Morgan fingerprint density at radius 3 is 2.38 bits per heavy atom. The number of methoxy groups -OCH3 is 2. The van der Waals surface area contributed by atoms with E-state index in [1.165, 1.54) is 50.6 Å². The smallest absolute Gasteiger partial charge is 0.337 e. The van der Waals surface area contributed by atoms with E-state index in [1.54, 1.807) is 37.3 Å². The van der Waals surface area contributed by atoms with Crippen LogP contribution in [0.4, 0.5) is 14.5 Å². The van der Waals surface area contributed by atoms with Gasteiger partial charge in [0.2, 0.25) is 0 Å². The number of esters is 1. The van der Waals surface area contributed by atoms with E-state index in [2.05, 4.69) is 0 Å².